The van der Waals surface area contributed by atoms with Gasteiger partial charge < -0.3 is 14.0 Å². The van der Waals surface area contributed by atoms with Crippen LogP contribution in [0, 0.1) is 0 Å². The molecule has 2 aliphatic carbocycles. The second-order valence-corrected chi connectivity index (χ2v) is 17.2. The molecule has 13 rings (SSSR count). The molecule has 3 heteroatoms. The number of hydrogen-bond donors (Lipinski definition) is 0. The van der Waals surface area contributed by atoms with Gasteiger partial charge in [-0.1, -0.05) is 152 Å². The number of anilines is 2. The standard InChI is InChI=1S/C60H43N3/c1-3-14-40(15-4-1)41-26-28-42(29-27-41)43-16-13-19-47(36-43)62-56-24-11-7-20-49(56)52-37-44(30-33-58(52)62)45-31-34-59-53(38-45)50-21-8-12-25-57(50)63(59)48-32-35-60-54(39-48)51-22-9-10-23-55(51)61(60)46-17-5-2-6-18-46/h1-8,10-21,23-39,53,59H,9,22H2. The Morgan fingerprint density at radius 1 is 0.429 bits per heavy atom. The van der Waals surface area contributed by atoms with E-state index in [0.717, 1.165) is 18.5 Å². The largest absolute Gasteiger partial charge is 0.333 e. The second kappa shape index (κ2) is 14.4. The van der Waals surface area contributed by atoms with Crippen LogP contribution in [-0.4, -0.2) is 15.2 Å². The SMILES string of the molecule is C1=Cc2c(c3cc(N4c5ccccc5C5C=C(c6ccc7c(c6)c6ccccc6n7-c6cccc(-c7ccc(-c8ccccc8)cc7)c6)C=CC54)ccc3n2-c2ccccc2)CC1. The lowest BCUT2D eigenvalue weighted by atomic mass is 9.86. The van der Waals surface area contributed by atoms with Gasteiger partial charge in [-0.15, -0.1) is 0 Å². The minimum absolute atomic E-state index is 0.183. The zero-order chi connectivity index (χ0) is 41.4. The summed E-state index contributed by atoms with van der Waals surface area (Å²) in [4.78, 5) is 2.58. The monoisotopic (exact) mass is 805 g/mol. The summed E-state index contributed by atoms with van der Waals surface area (Å²) in [6, 6.07) is 71.6. The van der Waals surface area contributed by atoms with E-state index >= 15 is 0 Å². The van der Waals surface area contributed by atoms with Crippen LogP contribution in [0.15, 0.2) is 218 Å². The van der Waals surface area contributed by atoms with Crippen LogP contribution >= 0.6 is 0 Å². The van der Waals surface area contributed by atoms with E-state index in [1.807, 2.05) is 0 Å². The number of benzene rings is 8. The lowest BCUT2D eigenvalue weighted by molar-refractivity contribution is 0.747. The number of para-hydroxylation sites is 3. The van der Waals surface area contributed by atoms with E-state index in [-0.39, 0.29) is 12.0 Å². The van der Waals surface area contributed by atoms with Gasteiger partial charge in [-0.05, 0) is 130 Å². The summed E-state index contributed by atoms with van der Waals surface area (Å²) >= 11 is 0. The zero-order valence-electron chi connectivity index (χ0n) is 34.8. The van der Waals surface area contributed by atoms with Crippen LogP contribution < -0.4 is 4.90 Å². The highest BCUT2D eigenvalue weighted by molar-refractivity contribution is 6.10. The van der Waals surface area contributed by atoms with Crippen LogP contribution in [0.4, 0.5) is 11.4 Å². The molecule has 3 aliphatic rings. The lowest BCUT2D eigenvalue weighted by Gasteiger charge is -2.30. The van der Waals surface area contributed by atoms with E-state index in [2.05, 4.69) is 239 Å². The summed E-state index contributed by atoms with van der Waals surface area (Å²) in [5.41, 5.74) is 20.1. The van der Waals surface area contributed by atoms with E-state index in [9.17, 15) is 0 Å². The van der Waals surface area contributed by atoms with Crippen molar-refractivity contribution in [1.29, 1.82) is 0 Å². The molecule has 0 fully saturated rings. The fraction of sp³-hybridized carbons (Fsp3) is 0.0667. The van der Waals surface area contributed by atoms with Gasteiger partial charge in [-0.25, -0.2) is 0 Å². The number of aromatic nitrogens is 2. The van der Waals surface area contributed by atoms with Gasteiger partial charge in [0.2, 0.25) is 0 Å². The Morgan fingerprint density at radius 2 is 1.10 bits per heavy atom. The van der Waals surface area contributed by atoms with E-state index in [1.54, 1.807) is 0 Å². The minimum atomic E-state index is 0.183. The summed E-state index contributed by atoms with van der Waals surface area (Å²) in [5.74, 6) is 0.226. The Kier molecular flexibility index (Phi) is 8.17. The normalized spacial score (nSPS) is 16.4. The zero-order valence-corrected chi connectivity index (χ0v) is 34.8. The van der Waals surface area contributed by atoms with Crippen LogP contribution in [0.25, 0.3) is 78.0 Å². The second-order valence-electron chi connectivity index (χ2n) is 17.2. The molecule has 3 nitrogen and oxygen atoms in total. The average molecular weight is 806 g/mol. The number of fused-ring (bicyclic) bond motifs is 9. The minimum Gasteiger partial charge on any atom is -0.333 e. The average Bonchev–Trinajstić information content (AvgIpc) is 3.99. The maximum absolute atomic E-state index is 2.58. The third kappa shape index (κ3) is 5.73. The molecule has 0 bridgehead atoms. The van der Waals surface area contributed by atoms with Crippen LogP contribution in [0.1, 0.15) is 34.7 Å². The van der Waals surface area contributed by atoms with Crippen LogP contribution in [0.5, 0.6) is 0 Å². The molecule has 2 atom stereocenters. The molecule has 0 amide bonds. The molecule has 0 saturated heterocycles. The molecular weight excluding hydrogens is 763 g/mol. The summed E-state index contributed by atoms with van der Waals surface area (Å²) in [6.45, 7) is 0. The third-order valence-corrected chi connectivity index (χ3v) is 13.7. The lowest BCUT2D eigenvalue weighted by Crippen LogP contribution is -2.28. The van der Waals surface area contributed by atoms with Crippen molar-refractivity contribution in [2.75, 3.05) is 4.90 Å². The van der Waals surface area contributed by atoms with Crippen molar-refractivity contribution in [2.24, 2.45) is 0 Å². The quantitative estimate of drug-likeness (QED) is 0.163. The predicted molar refractivity (Wildman–Crippen MR) is 265 cm³/mol. The van der Waals surface area contributed by atoms with Crippen molar-refractivity contribution in [1.82, 2.24) is 9.13 Å². The first-order valence-corrected chi connectivity index (χ1v) is 22.2. The summed E-state index contributed by atoms with van der Waals surface area (Å²) in [7, 11) is 0. The van der Waals surface area contributed by atoms with Crippen LogP contribution in [-0.2, 0) is 6.42 Å². The fourth-order valence-electron chi connectivity index (χ4n) is 10.8. The number of nitrogens with zero attached hydrogens (tertiary/aromatic N) is 3. The van der Waals surface area contributed by atoms with Gasteiger partial charge in [0.1, 0.15) is 0 Å². The summed E-state index contributed by atoms with van der Waals surface area (Å²) in [5, 5.41) is 3.88. The van der Waals surface area contributed by atoms with Crippen LogP contribution in [0.2, 0.25) is 0 Å². The molecule has 0 spiro atoms. The van der Waals surface area contributed by atoms with Crippen molar-refractivity contribution < 1.29 is 0 Å². The van der Waals surface area contributed by atoms with Gasteiger partial charge >= 0.3 is 0 Å². The highest BCUT2D eigenvalue weighted by Gasteiger charge is 2.38. The van der Waals surface area contributed by atoms with Crippen molar-refractivity contribution in [3.63, 3.8) is 0 Å². The molecule has 0 radical (unpaired) electrons. The molecule has 3 heterocycles. The van der Waals surface area contributed by atoms with Gasteiger partial charge in [0.25, 0.3) is 0 Å². The first-order chi connectivity index (χ1) is 31.2. The maximum atomic E-state index is 2.58. The van der Waals surface area contributed by atoms with Crippen LogP contribution in [0.3, 0.4) is 0 Å². The third-order valence-electron chi connectivity index (χ3n) is 13.7. The molecular formula is C60H43N3. The topological polar surface area (TPSA) is 13.1 Å². The molecule has 298 valence electrons. The molecule has 8 aromatic carbocycles. The molecule has 10 aromatic rings. The van der Waals surface area contributed by atoms with Gasteiger partial charge in [0, 0.05) is 50.5 Å². The summed E-state index contributed by atoms with van der Waals surface area (Å²) < 4.78 is 4.87. The van der Waals surface area contributed by atoms with Gasteiger partial charge in [-0.2, -0.15) is 0 Å². The van der Waals surface area contributed by atoms with E-state index in [0.29, 0.717) is 0 Å². The Hall–Kier alpha value is -7.88. The highest BCUT2D eigenvalue weighted by Crippen LogP contribution is 2.50. The number of rotatable bonds is 6. The van der Waals surface area contributed by atoms with Crippen molar-refractivity contribution >= 4 is 55.7 Å². The van der Waals surface area contributed by atoms with Gasteiger partial charge in [-0.3, -0.25) is 0 Å². The van der Waals surface area contributed by atoms with E-state index in [1.165, 1.54) is 100.0 Å². The predicted octanol–water partition coefficient (Wildman–Crippen LogP) is 15.3. The Labute approximate surface area is 367 Å². The van der Waals surface area contributed by atoms with Gasteiger partial charge in [0.05, 0.1) is 22.6 Å². The first-order valence-electron chi connectivity index (χ1n) is 22.2. The Morgan fingerprint density at radius 3 is 1.97 bits per heavy atom. The van der Waals surface area contributed by atoms with E-state index < -0.39 is 0 Å². The molecule has 1 aliphatic heterocycles. The summed E-state index contributed by atoms with van der Waals surface area (Å²) in [6.07, 6.45) is 14.1. The Balaban J connectivity index is 0.861. The molecule has 0 saturated carbocycles. The fourth-order valence-corrected chi connectivity index (χ4v) is 10.8. The number of aryl methyl sites for hydroxylation is 1. The number of hydrogen-bond acceptors (Lipinski definition) is 1. The van der Waals surface area contributed by atoms with Gasteiger partial charge in [0.15, 0.2) is 0 Å². The number of allylic oxidation sites excluding steroid dienone is 3. The van der Waals surface area contributed by atoms with E-state index in [4.69, 9.17) is 0 Å². The first kappa shape index (κ1) is 35.8. The molecule has 63 heavy (non-hydrogen) atoms. The van der Waals surface area contributed by atoms with Crippen molar-refractivity contribution in [2.45, 2.75) is 24.8 Å². The molecule has 2 aromatic heterocycles. The molecule has 2 unspecified atom stereocenters. The van der Waals surface area contributed by atoms with Crippen molar-refractivity contribution in [3.8, 4) is 33.6 Å². The highest BCUT2D eigenvalue weighted by atomic mass is 15.2. The van der Waals surface area contributed by atoms with Crippen molar-refractivity contribution in [3.05, 3.63) is 241 Å². The smallest absolute Gasteiger partial charge is 0.0630 e. The maximum Gasteiger partial charge on any atom is 0.0630 e. The molecule has 0 N–H and O–H groups in total. The Bertz CT molecular complexity index is 3510.